The molecule has 8 aromatic carbocycles. The minimum atomic E-state index is -2.47. The van der Waals surface area contributed by atoms with E-state index >= 15 is 0 Å². The quantitative estimate of drug-likeness (QED) is 0.161. The van der Waals surface area contributed by atoms with Gasteiger partial charge in [0.15, 0.2) is 0 Å². The van der Waals surface area contributed by atoms with Gasteiger partial charge < -0.3 is 0 Å². The fourth-order valence-electron chi connectivity index (χ4n) is 10.1. The first kappa shape index (κ1) is 31.8. The molecule has 5 nitrogen and oxygen atoms in total. The van der Waals surface area contributed by atoms with Crippen LogP contribution in [0.5, 0.6) is 11.5 Å². The Hall–Kier alpha value is -6.98. The Labute approximate surface area is 393 Å². The van der Waals surface area contributed by atoms with Crippen molar-refractivity contribution in [3.05, 3.63) is 226 Å². The molecule has 0 atom stereocenters. The van der Waals surface area contributed by atoms with Gasteiger partial charge in [-0.05, 0) is 63.5 Å². The predicted molar refractivity (Wildman–Crippen MR) is 253 cm³/mol. The van der Waals surface area contributed by atoms with Crippen molar-refractivity contribution in [2.45, 2.75) is 22.1 Å². The molecule has 0 saturated heterocycles. The second-order valence-electron chi connectivity index (χ2n) is 16.1. The molecule has 0 radical (unpaired) electrons. The Morgan fingerprint density at radius 2 is 1.31 bits per heavy atom. The van der Waals surface area contributed by atoms with E-state index in [9.17, 15) is 0 Å². The maximum absolute atomic E-state index is 8.81. The summed E-state index contributed by atoms with van der Waals surface area (Å²) in [5, 5.41) is 1.83. The number of ether oxygens (including phenoxy) is 1. The van der Waals surface area contributed by atoms with Gasteiger partial charge in [-0.3, -0.25) is 0 Å². The van der Waals surface area contributed by atoms with Crippen molar-refractivity contribution < 1.29 is 32.3 Å². The smallest absolute Gasteiger partial charge is 0.0894 e. The zero-order valence-corrected chi connectivity index (χ0v) is 36.8. The molecule has 1 aliphatic carbocycles. The summed E-state index contributed by atoms with van der Waals surface area (Å²) >= 11 is 3.85. The molecular weight excluding hydrogens is 984 g/mol. The number of benzene rings is 8. The molecule has 7 heteroatoms. The molecule has 0 bridgehead atoms. The van der Waals surface area contributed by atoms with Crippen molar-refractivity contribution in [3.8, 4) is 45.3 Å². The first-order valence-corrected chi connectivity index (χ1v) is 22.8. The fraction of sp³-hybridized carbons (Fsp3) is 0.0526. The summed E-state index contributed by atoms with van der Waals surface area (Å²) in [6.45, 7) is -4.87. The van der Waals surface area contributed by atoms with Crippen LogP contribution in [-0.2, 0) is 31.7 Å². The van der Waals surface area contributed by atoms with Crippen molar-refractivity contribution >= 4 is 44.6 Å². The van der Waals surface area contributed by atoms with Crippen LogP contribution in [0.15, 0.2) is 192 Å². The Morgan fingerprint density at radius 3 is 2.11 bits per heavy atom. The van der Waals surface area contributed by atoms with E-state index in [1.165, 1.54) is 31.0 Å². The van der Waals surface area contributed by atoms with E-state index < -0.39 is 19.2 Å². The average Bonchev–Trinajstić information content (AvgIpc) is 3.96. The van der Waals surface area contributed by atoms with Gasteiger partial charge in [0.05, 0.1) is 5.41 Å². The van der Waals surface area contributed by atoms with E-state index in [2.05, 4.69) is 116 Å². The summed E-state index contributed by atoms with van der Waals surface area (Å²) in [6.07, 6.45) is 1.67. The third kappa shape index (κ3) is 5.36. The van der Waals surface area contributed by atoms with Gasteiger partial charge in [-0.2, -0.15) is 0 Å². The monoisotopic (exact) mass is 1030 g/mol. The number of hydrogen-bond acceptors (Lipinski definition) is 3. The molecule has 0 fully saturated rings. The standard InChI is InChI=1S/C57H36N4OS.Pt/c1-36-29-56(58-34-45(36)37-15-4-3-5-16-37)61-52-31-40(62-39-18-14-17-38(30-39)60-35-59(2)50-23-10-11-24-51(50)60)27-28-42(52)44-32-43-41-19-6-7-20-46(41)57(49(43)33-53(44)61)47-21-8-12-25-54(47)63-55-26-13-9-22-48(55)57;/h3-29,32-34H,1-2H3;/q-2;/i1D3,2D3;. The molecule has 11 aromatic rings. The van der Waals surface area contributed by atoms with Gasteiger partial charge in [-0.1, -0.05) is 103 Å². The van der Waals surface area contributed by atoms with Crippen LogP contribution in [0.25, 0.3) is 66.6 Å². The number of pyridine rings is 1. The molecule has 3 aromatic heterocycles. The summed E-state index contributed by atoms with van der Waals surface area (Å²) in [6, 6.07) is 65.7. The van der Waals surface area contributed by atoms with Gasteiger partial charge >= 0.3 is 198 Å². The van der Waals surface area contributed by atoms with Crippen LogP contribution in [0.3, 0.4) is 0 Å². The molecule has 0 amide bonds. The summed E-state index contributed by atoms with van der Waals surface area (Å²) < 4.78 is 63.8. The number of nitrogens with zero attached hydrogens (tertiary/aromatic N) is 4. The molecular formula is C57H36N4OPtS-2. The third-order valence-electron chi connectivity index (χ3n) is 12.7. The topological polar surface area (TPSA) is 36.9 Å². The fourth-order valence-corrected chi connectivity index (χ4v) is 12.1. The third-order valence-corrected chi connectivity index (χ3v) is 14.9. The number of hydrogen-bond donors (Lipinski definition) is 0. The van der Waals surface area contributed by atoms with Gasteiger partial charge in [-0.25, -0.2) is 0 Å². The van der Waals surface area contributed by atoms with E-state index in [-0.39, 0.29) is 5.56 Å². The van der Waals surface area contributed by atoms with Crippen molar-refractivity contribution in [3.63, 3.8) is 0 Å². The summed E-state index contributed by atoms with van der Waals surface area (Å²) in [4.78, 5) is 7.47. The Kier molecular flexibility index (Phi) is 7.09. The Balaban J connectivity index is 1.05. The van der Waals surface area contributed by atoms with Gasteiger partial charge in [0.1, 0.15) is 0 Å². The van der Waals surface area contributed by atoms with Crippen molar-refractivity contribution in [2.75, 3.05) is 0 Å². The summed E-state index contributed by atoms with van der Waals surface area (Å²) in [5.41, 5.74) is 11.2. The van der Waals surface area contributed by atoms with E-state index in [0.717, 1.165) is 38.5 Å². The van der Waals surface area contributed by atoms with Crippen LogP contribution in [0.4, 0.5) is 0 Å². The molecule has 1 aliphatic heterocycles. The minimum Gasteiger partial charge on any atom is -0.0894 e. The molecule has 2 aliphatic rings. The van der Waals surface area contributed by atoms with Crippen molar-refractivity contribution in [1.29, 1.82) is 0 Å². The maximum atomic E-state index is 8.81. The van der Waals surface area contributed by atoms with E-state index in [1.54, 1.807) is 36.2 Å². The summed E-state index contributed by atoms with van der Waals surface area (Å²) in [7, 11) is 0. The minimum absolute atomic E-state index is 0.182. The number of para-hydroxylation sites is 2. The van der Waals surface area contributed by atoms with Crippen LogP contribution in [0.2, 0.25) is 0 Å². The van der Waals surface area contributed by atoms with Gasteiger partial charge in [0.25, 0.3) is 0 Å². The van der Waals surface area contributed by atoms with Gasteiger partial charge in [0, 0.05) is 25.7 Å². The number of aryl methyl sites for hydroxylation is 2. The first-order valence-electron chi connectivity index (χ1n) is 23.9. The molecule has 0 N–H and O–H groups in total. The second-order valence-corrected chi connectivity index (χ2v) is 18.2. The number of rotatable bonds is 5. The Bertz CT molecular complexity index is 4000. The average molecular weight is 1030 g/mol. The first-order chi connectivity index (χ1) is 33.9. The molecule has 1 spiro atoms. The molecule has 308 valence electrons. The zero-order valence-electron chi connectivity index (χ0n) is 39.7. The van der Waals surface area contributed by atoms with Crippen molar-refractivity contribution in [2.24, 2.45) is 6.98 Å². The number of imidazole rings is 1. The number of aromatic nitrogens is 4. The zero-order chi connectivity index (χ0) is 47.7. The van der Waals surface area contributed by atoms with E-state index in [0.29, 0.717) is 48.9 Å². The van der Waals surface area contributed by atoms with Crippen LogP contribution < -0.4 is 4.74 Å². The SMILES string of the molecule is [2H]C([2H])([2H])c1cc(-n2c3[c-]c(Oc4[c-]c(-n5[c](=[Pt])n(C([2H])([2H])[2H])c6ccccc65)ccc4)ccc3c3cc4c(cc32)C2(c3ccccc3Sc3ccccc32)c2ccccc2-4)ncc1-c1ccccc1. The van der Waals surface area contributed by atoms with E-state index in [4.69, 9.17) is 17.9 Å². The number of fused-ring (bicyclic) bond motifs is 13. The van der Waals surface area contributed by atoms with Gasteiger partial charge in [-0.15, -0.1) is 0 Å². The van der Waals surface area contributed by atoms with Crippen LogP contribution in [-0.4, -0.2) is 18.7 Å². The van der Waals surface area contributed by atoms with Crippen LogP contribution in [0.1, 0.15) is 36.0 Å². The predicted octanol–water partition coefficient (Wildman–Crippen LogP) is 13.7. The molecule has 4 heterocycles. The molecule has 0 unspecified atom stereocenters. The van der Waals surface area contributed by atoms with Crippen molar-refractivity contribution in [1.82, 2.24) is 18.7 Å². The molecule has 0 saturated carbocycles. The normalized spacial score (nSPS) is 15.1. The molecule has 64 heavy (non-hydrogen) atoms. The second kappa shape index (κ2) is 14.3. The van der Waals surface area contributed by atoms with Crippen LogP contribution >= 0.6 is 11.8 Å². The Morgan fingerprint density at radius 1 is 0.594 bits per heavy atom. The molecule has 13 rings (SSSR count). The van der Waals surface area contributed by atoms with Gasteiger partial charge in [0.2, 0.25) is 0 Å². The summed E-state index contributed by atoms with van der Waals surface area (Å²) in [5.74, 6) is 1.22. The van der Waals surface area contributed by atoms with E-state index in [1.807, 2.05) is 81.9 Å². The van der Waals surface area contributed by atoms with Crippen LogP contribution in [0, 0.1) is 22.8 Å².